The van der Waals surface area contributed by atoms with E-state index in [1.165, 1.54) is 11.6 Å². The maximum atomic E-state index is 13.0. The van der Waals surface area contributed by atoms with Gasteiger partial charge in [-0.05, 0) is 36.6 Å². The van der Waals surface area contributed by atoms with Crippen molar-refractivity contribution in [3.05, 3.63) is 70.5 Å². The molecule has 0 aliphatic heterocycles. The summed E-state index contributed by atoms with van der Waals surface area (Å²) in [7, 11) is 0. The second-order valence-corrected chi connectivity index (χ2v) is 6.88. The number of hydrogen-bond acceptors (Lipinski definition) is 3. The normalized spacial score (nSPS) is 15.0. The van der Waals surface area contributed by atoms with Gasteiger partial charge in [0.2, 0.25) is 0 Å². The van der Waals surface area contributed by atoms with Crippen molar-refractivity contribution in [2.24, 2.45) is 0 Å². The molecule has 2 aromatic carbocycles. The van der Waals surface area contributed by atoms with Crippen molar-refractivity contribution in [3.8, 4) is 0 Å². The van der Waals surface area contributed by atoms with Crippen LogP contribution in [-0.2, 0) is 14.9 Å². The average Bonchev–Trinajstić information content (AvgIpc) is 2.59. The minimum Gasteiger partial charge on any atom is -0.452 e. The van der Waals surface area contributed by atoms with Gasteiger partial charge in [0.1, 0.15) is 5.82 Å². The van der Waals surface area contributed by atoms with Gasteiger partial charge in [-0.25, -0.2) is 9.18 Å². The summed E-state index contributed by atoms with van der Waals surface area (Å²) in [5, 5.41) is 2.80. The maximum Gasteiger partial charge on any atom is 0.340 e. The highest BCUT2D eigenvalue weighted by molar-refractivity contribution is 6.33. The van der Waals surface area contributed by atoms with Crippen LogP contribution in [0.5, 0.6) is 0 Å². The van der Waals surface area contributed by atoms with Crippen molar-refractivity contribution < 1.29 is 18.7 Å². The van der Waals surface area contributed by atoms with Gasteiger partial charge in [0, 0.05) is 12.0 Å². The van der Waals surface area contributed by atoms with Crippen molar-refractivity contribution in [3.63, 3.8) is 0 Å². The zero-order valence-electron chi connectivity index (χ0n) is 14.1. The molecule has 2 aromatic rings. The standard InChI is InChI=1S/C20H19ClFNO3/c21-17-11-15(22)7-8-16(17)19(25)26-12-18(24)23-13-20(9-4-10-20)14-5-2-1-3-6-14/h1-3,5-8,11H,4,9-10,12-13H2,(H,23,24). The van der Waals surface area contributed by atoms with Crippen LogP contribution in [0.3, 0.4) is 0 Å². The topological polar surface area (TPSA) is 55.4 Å². The highest BCUT2D eigenvalue weighted by Gasteiger charge is 2.38. The molecule has 0 heterocycles. The summed E-state index contributed by atoms with van der Waals surface area (Å²) in [6.07, 6.45) is 3.16. The lowest BCUT2D eigenvalue weighted by molar-refractivity contribution is -0.124. The summed E-state index contributed by atoms with van der Waals surface area (Å²) in [6, 6.07) is 13.5. The van der Waals surface area contributed by atoms with E-state index in [0.717, 1.165) is 31.4 Å². The number of nitrogens with one attached hydrogen (secondary N) is 1. The van der Waals surface area contributed by atoms with Crippen molar-refractivity contribution >= 4 is 23.5 Å². The molecule has 1 saturated carbocycles. The van der Waals surface area contributed by atoms with Crippen LogP contribution in [0.4, 0.5) is 4.39 Å². The third kappa shape index (κ3) is 4.05. The zero-order chi connectivity index (χ0) is 18.6. The number of carbonyl (C=O) groups is 2. The first-order valence-electron chi connectivity index (χ1n) is 8.45. The largest absolute Gasteiger partial charge is 0.452 e. The second kappa shape index (κ2) is 7.87. The number of rotatable bonds is 6. The summed E-state index contributed by atoms with van der Waals surface area (Å²) < 4.78 is 18.0. The van der Waals surface area contributed by atoms with Crippen molar-refractivity contribution in [1.29, 1.82) is 0 Å². The molecule has 136 valence electrons. The van der Waals surface area contributed by atoms with Crippen molar-refractivity contribution in [1.82, 2.24) is 5.32 Å². The highest BCUT2D eigenvalue weighted by atomic mass is 35.5. The first-order valence-corrected chi connectivity index (χ1v) is 8.82. The number of halogens is 2. The number of esters is 1. The molecule has 0 bridgehead atoms. The van der Waals surface area contributed by atoms with E-state index in [9.17, 15) is 14.0 Å². The average molecular weight is 376 g/mol. The highest BCUT2D eigenvalue weighted by Crippen LogP contribution is 2.43. The maximum absolute atomic E-state index is 13.0. The molecule has 3 rings (SSSR count). The quantitative estimate of drug-likeness (QED) is 0.780. The number of amides is 1. The van der Waals surface area contributed by atoms with E-state index in [1.807, 2.05) is 18.2 Å². The Morgan fingerprint density at radius 3 is 2.50 bits per heavy atom. The summed E-state index contributed by atoms with van der Waals surface area (Å²) in [5.74, 6) is -1.68. The van der Waals surface area contributed by atoms with E-state index < -0.39 is 18.4 Å². The van der Waals surface area contributed by atoms with Gasteiger partial charge in [-0.2, -0.15) is 0 Å². The van der Waals surface area contributed by atoms with Gasteiger partial charge in [0.15, 0.2) is 6.61 Å². The smallest absolute Gasteiger partial charge is 0.340 e. The molecule has 0 aromatic heterocycles. The van der Waals surface area contributed by atoms with Crippen LogP contribution < -0.4 is 5.32 Å². The SMILES string of the molecule is O=C(COC(=O)c1ccc(F)cc1Cl)NCC1(c2ccccc2)CCC1. The van der Waals surface area contributed by atoms with Gasteiger partial charge in [-0.3, -0.25) is 4.79 Å². The van der Waals surface area contributed by atoms with Gasteiger partial charge in [-0.1, -0.05) is 48.4 Å². The van der Waals surface area contributed by atoms with Gasteiger partial charge in [0.05, 0.1) is 10.6 Å². The Morgan fingerprint density at radius 1 is 1.15 bits per heavy atom. The molecule has 1 aliphatic rings. The second-order valence-electron chi connectivity index (χ2n) is 6.48. The van der Waals surface area contributed by atoms with E-state index >= 15 is 0 Å². The summed E-state index contributed by atoms with van der Waals surface area (Å²) in [5.41, 5.74) is 1.20. The lowest BCUT2D eigenvalue weighted by Crippen LogP contribution is -2.46. The number of carbonyl (C=O) groups excluding carboxylic acids is 2. The molecular formula is C20H19ClFNO3. The molecule has 26 heavy (non-hydrogen) atoms. The van der Waals surface area contributed by atoms with Crippen LogP contribution in [0.15, 0.2) is 48.5 Å². The number of hydrogen-bond donors (Lipinski definition) is 1. The first-order chi connectivity index (χ1) is 12.5. The van der Waals surface area contributed by atoms with Gasteiger partial charge >= 0.3 is 5.97 Å². The fraction of sp³-hybridized carbons (Fsp3) is 0.300. The van der Waals surface area contributed by atoms with Crippen LogP contribution in [0.1, 0.15) is 35.2 Å². The van der Waals surface area contributed by atoms with Gasteiger partial charge in [0.25, 0.3) is 5.91 Å². The fourth-order valence-electron chi connectivity index (χ4n) is 3.15. The van der Waals surface area contributed by atoms with E-state index in [0.29, 0.717) is 6.54 Å². The van der Waals surface area contributed by atoms with Crippen LogP contribution in [-0.4, -0.2) is 25.0 Å². The lowest BCUT2D eigenvalue weighted by atomic mass is 9.64. The van der Waals surface area contributed by atoms with E-state index in [2.05, 4.69) is 17.4 Å². The first kappa shape index (κ1) is 18.4. The van der Waals surface area contributed by atoms with Crippen LogP contribution in [0.25, 0.3) is 0 Å². The summed E-state index contributed by atoms with van der Waals surface area (Å²) >= 11 is 5.81. The predicted octanol–water partition coefficient (Wildman–Crippen LogP) is 3.87. The zero-order valence-corrected chi connectivity index (χ0v) is 14.9. The van der Waals surface area contributed by atoms with Crippen LogP contribution >= 0.6 is 11.6 Å². The molecule has 0 radical (unpaired) electrons. The third-order valence-electron chi connectivity index (χ3n) is 4.81. The molecule has 4 nitrogen and oxygen atoms in total. The minimum atomic E-state index is -0.758. The Morgan fingerprint density at radius 2 is 1.88 bits per heavy atom. The van der Waals surface area contributed by atoms with Gasteiger partial charge < -0.3 is 10.1 Å². The molecule has 1 aliphatic carbocycles. The molecule has 0 atom stereocenters. The monoisotopic (exact) mass is 375 g/mol. The van der Waals surface area contributed by atoms with Gasteiger partial charge in [-0.15, -0.1) is 0 Å². The van der Waals surface area contributed by atoms with Crippen molar-refractivity contribution in [2.45, 2.75) is 24.7 Å². The van der Waals surface area contributed by atoms with Crippen LogP contribution in [0.2, 0.25) is 5.02 Å². The molecule has 0 unspecified atom stereocenters. The Kier molecular flexibility index (Phi) is 5.57. The third-order valence-corrected chi connectivity index (χ3v) is 5.12. The Hall–Kier alpha value is -2.40. The number of ether oxygens (including phenoxy) is 1. The molecule has 1 amide bonds. The minimum absolute atomic E-state index is 0.0283. The molecule has 0 spiro atoms. The van der Waals surface area contributed by atoms with E-state index in [-0.39, 0.29) is 21.9 Å². The Balaban J connectivity index is 1.52. The van der Waals surface area contributed by atoms with E-state index in [4.69, 9.17) is 16.3 Å². The van der Waals surface area contributed by atoms with E-state index in [1.54, 1.807) is 0 Å². The number of benzene rings is 2. The molecule has 1 fully saturated rings. The predicted molar refractivity (Wildman–Crippen MR) is 96.7 cm³/mol. The molecular weight excluding hydrogens is 357 g/mol. The molecule has 1 N–H and O–H groups in total. The Bertz CT molecular complexity index is 806. The summed E-state index contributed by atoms with van der Waals surface area (Å²) in [6.45, 7) is 0.0993. The molecule has 0 saturated heterocycles. The van der Waals surface area contributed by atoms with Crippen molar-refractivity contribution in [2.75, 3.05) is 13.2 Å². The molecule has 6 heteroatoms. The van der Waals surface area contributed by atoms with Crippen LogP contribution in [0, 0.1) is 5.82 Å². The summed E-state index contributed by atoms with van der Waals surface area (Å²) in [4.78, 5) is 24.0. The fourth-order valence-corrected chi connectivity index (χ4v) is 3.39. The lowest BCUT2D eigenvalue weighted by Gasteiger charge is -2.42. The Labute approximate surface area is 156 Å².